The van der Waals surface area contributed by atoms with Crippen LogP contribution in [0.5, 0.6) is 0 Å². The van der Waals surface area contributed by atoms with E-state index in [9.17, 15) is 4.79 Å². The van der Waals surface area contributed by atoms with Crippen LogP contribution < -0.4 is 0 Å². The van der Waals surface area contributed by atoms with E-state index in [0.29, 0.717) is 0 Å². The molecule has 1 aromatic heterocycles. The third-order valence-corrected chi connectivity index (χ3v) is 3.16. The molecule has 0 bridgehead atoms. The number of cyclic esters (lactones) is 1. The first-order valence-corrected chi connectivity index (χ1v) is 5.90. The first kappa shape index (κ1) is 12.0. The van der Waals surface area contributed by atoms with E-state index in [1.807, 2.05) is 45.5 Å². The molecule has 0 unspecified atom stereocenters. The van der Waals surface area contributed by atoms with Crippen LogP contribution in [0.25, 0.3) is 0 Å². The summed E-state index contributed by atoms with van der Waals surface area (Å²) in [4.78, 5) is 18.0. The van der Waals surface area contributed by atoms with Gasteiger partial charge in [-0.25, -0.2) is 9.78 Å². The highest BCUT2D eigenvalue weighted by atomic mass is 16.6. The number of rotatable bonds is 2. The minimum atomic E-state index is -0.274. The molecule has 1 saturated heterocycles. The van der Waals surface area contributed by atoms with Crippen LogP contribution in [0.15, 0.2) is 6.20 Å². The number of carbonyl (C=O) groups is 1. The molecule has 0 N–H and O–H groups in total. The second kappa shape index (κ2) is 4.05. The van der Waals surface area contributed by atoms with Gasteiger partial charge in [0.15, 0.2) is 11.9 Å². The quantitative estimate of drug-likeness (QED) is 0.790. The monoisotopic (exact) mass is 237 g/mol. The van der Waals surface area contributed by atoms with Gasteiger partial charge in [0, 0.05) is 19.3 Å². The van der Waals surface area contributed by atoms with Gasteiger partial charge in [-0.2, -0.15) is 0 Å². The van der Waals surface area contributed by atoms with Gasteiger partial charge in [0.2, 0.25) is 0 Å². The standard InChI is InChI=1S/C12H19N3O2/c1-7(2)15-9(4)10(17-12(15)16)11-13-8(3)6-14(11)5/h6-7,9-10H,1-5H3/t9-,10-/m0/s1. The average Bonchev–Trinajstić information content (AvgIpc) is 2.67. The number of carbonyl (C=O) groups excluding carboxylic acids is 1. The molecule has 1 fully saturated rings. The molecule has 1 aliphatic rings. The van der Waals surface area contributed by atoms with E-state index in [-0.39, 0.29) is 24.3 Å². The Labute approximate surface area is 101 Å². The maximum absolute atomic E-state index is 11.8. The van der Waals surface area contributed by atoms with Crippen LogP contribution in [0.2, 0.25) is 0 Å². The van der Waals surface area contributed by atoms with E-state index in [0.717, 1.165) is 11.5 Å². The molecule has 17 heavy (non-hydrogen) atoms. The maximum Gasteiger partial charge on any atom is 0.411 e. The van der Waals surface area contributed by atoms with Gasteiger partial charge >= 0.3 is 6.09 Å². The van der Waals surface area contributed by atoms with Gasteiger partial charge in [0.1, 0.15) is 0 Å². The van der Waals surface area contributed by atoms with Crippen molar-refractivity contribution in [3.05, 3.63) is 17.7 Å². The Hall–Kier alpha value is -1.52. The molecular weight excluding hydrogens is 218 g/mol. The molecule has 2 heterocycles. The molecule has 0 saturated carbocycles. The minimum Gasteiger partial charge on any atom is -0.436 e. The number of hydrogen-bond donors (Lipinski definition) is 0. The van der Waals surface area contributed by atoms with Crippen molar-refractivity contribution < 1.29 is 9.53 Å². The SMILES string of the molecule is Cc1cn(C)c([C@H]2OC(=O)N(C(C)C)[C@H]2C)n1. The summed E-state index contributed by atoms with van der Waals surface area (Å²) in [5.74, 6) is 0.812. The summed E-state index contributed by atoms with van der Waals surface area (Å²) < 4.78 is 7.36. The van der Waals surface area contributed by atoms with Gasteiger partial charge in [-0.15, -0.1) is 0 Å². The topological polar surface area (TPSA) is 47.4 Å². The maximum atomic E-state index is 11.8. The molecule has 0 radical (unpaired) electrons. The van der Waals surface area contributed by atoms with Crippen molar-refractivity contribution >= 4 is 6.09 Å². The molecule has 1 amide bonds. The summed E-state index contributed by atoms with van der Waals surface area (Å²) in [5, 5.41) is 0. The zero-order valence-electron chi connectivity index (χ0n) is 11.0. The second-order valence-electron chi connectivity index (χ2n) is 4.90. The highest BCUT2D eigenvalue weighted by Gasteiger charge is 2.42. The molecule has 0 aliphatic carbocycles. The molecule has 5 heteroatoms. The van der Waals surface area contributed by atoms with Crippen molar-refractivity contribution in [1.29, 1.82) is 0 Å². The van der Waals surface area contributed by atoms with Crippen LogP contribution in [0.3, 0.4) is 0 Å². The third kappa shape index (κ3) is 1.90. The van der Waals surface area contributed by atoms with Gasteiger partial charge in [0.05, 0.1) is 11.7 Å². The number of ether oxygens (including phenoxy) is 1. The fourth-order valence-corrected chi connectivity index (χ4v) is 2.43. The highest BCUT2D eigenvalue weighted by Crippen LogP contribution is 2.32. The van der Waals surface area contributed by atoms with Crippen LogP contribution >= 0.6 is 0 Å². The molecule has 94 valence electrons. The van der Waals surface area contributed by atoms with E-state index < -0.39 is 0 Å². The van der Waals surface area contributed by atoms with Gasteiger partial charge in [-0.1, -0.05) is 0 Å². The van der Waals surface area contributed by atoms with Gasteiger partial charge in [-0.3, -0.25) is 4.90 Å². The Bertz CT molecular complexity index is 439. The summed E-state index contributed by atoms with van der Waals surface area (Å²) >= 11 is 0. The first-order chi connectivity index (χ1) is 7.91. The zero-order chi connectivity index (χ0) is 12.7. The summed E-state index contributed by atoms with van der Waals surface area (Å²) in [6.07, 6.45) is 1.41. The van der Waals surface area contributed by atoms with Crippen molar-refractivity contribution in [2.24, 2.45) is 7.05 Å². The zero-order valence-corrected chi connectivity index (χ0v) is 11.0. The number of imidazole rings is 1. The fourth-order valence-electron chi connectivity index (χ4n) is 2.43. The lowest BCUT2D eigenvalue weighted by molar-refractivity contribution is 0.124. The van der Waals surface area contributed by atoms with Crippen molar-refractivity contribution in [3.8, 4) is 0 Å². The number of amides is 1. The highest BCUT2D eigenvalue weighted by molar-refractivity contribution is 5.71. The van der Waals surface area contributed by atoms with E-state index >= 15 is 0 Å². The summed E-state index contributed by atoms with van der Waals surface area (Å²) in [7, 11) is 1.92. The van der Waals surface area contributed by atoms with Crippen LogP contribution in [0.1, 0.15) is 38.4 Å². The Morgan fingerprint density at radius 2 is 2.12 bits per heavy atom. The molecule has 1 aliphatic heterocycles. The molecule has 2 rings (SSSR count). The lowest BCUT2D eigenvalue weighted by atomic mass is 10.1. The van der Waals surface area contributed by atoms with E-state index in [2.05, 4.69) is 4.98 Å². The Morgan fingerprint density at radius 1 is 1.47 bits per heavy atom. The van der Waals surface area contributed by atoms with E-state index in [4.69, 9.17) is 4.74 Å². The average molecular weight is 237 g/mol. The van der Waals surface area contributed by atoms with Gasteiger partial charge < -0.3 is 9.30 Å². The minimum absolute atomic E-state index is 0.0167. The predicted molar refractivity (Wildman–Crippen MR) is 63.6 cm³/mol. The lowest BCUT2D eigenvalue weighted by Gasteiger charge is -2.24. The van der Waals surface area contributed by atoms with Crippen LogP contribution in [-0.4, -0.2) is 32.6 Å². The van der Waals surface area contributed by atoms with Gasteiger partial charge in [-0.05, 0) is 27.7 Å². The Balaban J connectivity index is 2.30. The Morgan fingerprint density at radius 3 is 2.53 bits per heavy atom. The number of nitrogens with zero attached hydrogens (tertiary/aromatic N) is 3. The van der Waals surface area contributed by atoms with Crippen molar-refractivity contribution in [2.75, 3.05) is 0 Å². The van der Waals surface area contributed by atoms with Crippen LogP contribution in [0.4, 0.5) is 4.79 Å². The predicted octanol–water partition coefficient (Wildman–Crippen LogP) is 2.02. The summed E-state index contributed by atoms with van der Waals surface area (Å²) in [6, 6.07) is 0.159. The molecule has 0 aromatic carbocycles. The molecule has 2 atom stereocenters. The van der Waals surface area contributed by atoms with E-state index in [1.54, 1.807) is 4.90 Å². The van der Waals surface area contributed by atoms with Gasteiger partial charge in [0.25, 0.3) is 0 Å². The molecular formula is C12H19N3O2. The van der Waals surface area contributed by atoms with Crippen molar-refractivity contribution in [1.82, 2.24) is 14.5 Å². The molecule has 0 spiro atoms. The third-order valence-electron chi connectivity index (χ3n) is 3.16. The number of aryl methyl sites for hydroxylation is 2. The Kier molecular flexibility index (Phi) is 2.85. The first-order valence-electron chi connectivity index (χ1n) is 5.90. The fraction of sp³-hybridized carbons (Fsp3) is 0.667. The van der Waals surface area contributed by atoms with Crippen molar-refractivity contribution in [3.63, 3.8) is 0 Å². The van der Waals surface area contributed by atoms with Crippen molar-refractivity contribution in [2.45, 2.75) is 45.9 Å². The number of aromatic nitrogens is 2. The largest absolute Gasteiger partial charge is 0.436 e. The number of hydrogen-bond acceptors (Lipinski definition) is 3. The molecule has 5 nitrogen and oxygen atoms in total. The molecule has 1 aromatic rings. The van der Waals surface area contributed by atoms with Crippen LogP contribution in [0, 0.1) is 6.92 Å². The summed E-state index contributed by atoms with van der Waals surface area (Å²) in [6.45, 7) is 7.92. The second-order valence-corrected chi connectivity index (χ2v) is 4.90. The normalized spacial score (nSPS) is 24.6. The smallest absolute Gasteiger partial charge is 0.411 e. The van der Waals surface area contributed by atoms with E-state index in [1.165, 1.54) is 0 Å². The summed E-state index contributed by atoms with van der Waals surface area (Å²) in [5.41, 5.74) is 0.939. The lowest BCUT2D eigenvalue weighted by Crippen LogP contribution is -2.37. The van der Waals surface area contributed by atoms with Crippen LogP contribution in [-0.2, 0) is 11.8 Å².